The predicted molar refractivity (Wildman–Crippen MR) is 98.2 cm³/mol. The maximum Gasteiger partial charge on any atom is 0.272 e. The summed E-state index contributed by atoms with van der Waals surface area (Å²) in [6.45, 7) is -0.289. The molecule has 0 N–H and O–H groups in total. The summed E-state index contributed by atoms with van der Waals surface area (Å²) >= 11 is 0. The standard InChI is InChI=1S/C19H19F2N5O2/c1-24-15(8-9-22-24)19(28)25-10-4-7-14(25)17-23-13-6-3-2-5-12(13)18(27)26(17)11-16(20)21/h2-3,5-6,8-9,14,16H,4,7,10-11H2,1H3. The summed E-state index contributed by atoms with van der Waals surface area (Å²) in [6, 6.07) is 7.73. The van der Waals surface area contributed by atoms with Gasteiger partial charge in [-0.3, -0.25) is 18.8 Å². The van der Waals surface area contributed by atoms with Crippen LogP contribution in [0.2, 0.25) is 0 Å². The van der Waals surface area contributed by atoms with Crippen LogP contribution in [0.1, 0.15) is 35.2 Å². The number of carbonyl (C=O) groups excluding carboxylic acids is 1. The minimum Gasteiger partial charge on any atom is -0.327 e. The monoisotopic (exact) mass is 387 g/mol. The first kappa shape index (κ1) is 18.3. The van der Waals surface area contributed by atoms with Gasteiger partial charge in [0.1, 0.15) is 11.5 Å². The number of hydrogen-bond donors (Lipinski definition) is 0. The Balaban J connectivity index is 1.83. The smallest absolute Gasteiger partial charge is 0.272 e. The first-order chi connectivity index (χ1) is 13.5. The van der Waals surface area contributed by atoms with Crippen molar-refractivity contribution in [3.63, 3.8) is 0 Å². The third kappa shape index (κ3) is 3.06. The van der Waals surface area contributed by atoms with Gasteiger partial charge in [-0.05, 0) is 31.0 Å². The largest absolute Gasteiger partial charge is 0.327 e. The van der Waals surface area contributed by atoms with Crippen molar-refractivity contribution in [1.29, 1.82) is 0 Å². The molecule has 0 radical (unpaired) electrons. The molecule has 3 heterocycles. The highest BCUT2D eigenvalue weighted by atomic mass is 19.3. The SMILES string of the molecule is Cn1nccc1C(=O)N1CCCC1c1nc2ccccc2c(=O)n1CC(F)F. The summed E-state index contributed by atoms with van der Waals surface area (Å²) in [4.78, 5) is 32.0. The number of fused-ring (bicyclic) bond motifs is 1. The van der Waals surface area contributed by atoms with Gasteiger partial charge in [-0.2, -0.15) is 5.10 Å². The van der Waals surface area contributed by atoms with Crippen LogP contribution in [0, 0.1) is 0 Å². The molecule has 1 aliphatic rings. The van der Waals surface area contributed by atoms with Crippen LogP contribution in [0.4, 0.5) is 8.78 Å². The molecule has 3 aromatic rings. The molecule has 0 saturated carbocycles. The summed E-state index contributed by atoms with van der Waals surface area (Å²) in [6.07, 6.45) is 0.0739. The van der Waals surface area contributed by atoms with Gasteiger partial charge in [-0.25, -0.2) is 13.8 Å². The van der Waals surface area contributed by atoms with E-state index < -0.39 is 24.6 Å². The number of hydrogen-bond acceptors (Lipinski definition) is 4. The normalized spacial score (nSPS) is 17.0. The third-order valence-electron chi connectivity index (χ3n) is 5.06. The molecule has 28 heavy (non-hydrogen) atoms. The van der Waals surface area contributed by atoms with Gasteiger partial charge in [-0.1, -0.05) is 12.1 Å². The van der Waals surface area contributed by atoms with Crippen LogP contribution >= 0.6 is 0 Å². The highest BCUT2D eigenvalue weighted by Gasteiger charge is 2.35. The number of nitrogens with zero attached hydrogens (tertiary/aromatic N) is 5. The van der Waals surface area contributed by atoms with Crippen LogP contribution in [0.15, 0.2) is 41.3 Å². The maximum atomic E-state index is 13.2. The minimum absolute atomic E-state index is 0.206. The molecule has 2 aromatic heterocycles. The molecule has 4 rings (SSSR count). The Hall–Kier alpha value is -3.10. The Bertz CT molecular complexity index is 1090. The number of aryl methyl sites for hydroxylation is 1. The molecule has 1 fully saturated rings. The predicted octanol–water partition coefficient (Wildman–Crippen LogP) is 2.37. The molecule has 0 spiro atoms. The van der Waals surface area contributed by atoms with Gasteiger partial charge in [0.25, 0.3) is 17.9 Å². The molecule has 1 saturated heterocycles. The summed E-state index contributed by atoms with van der Waals surface area (Å²) in [5.74, 6) is -0.0504. The summed E-state index contributed by atoms with van der Waals surface area (Å²) in [7, 11) is 1.67. The summed E-state index contributed by atoms with van der Waals surface area (Å²) in [5.41, 5.74) is 0.323. The van der Waals surface area contributed by atoms with E-state index in [4.69, 9.17) is 0 Å². The number of aromatic nitrogens is 4. The molecule has 1 amide bonds. The highest BCUT2D eigenvalue weighted by Crippen LogP contribution is 2.32. The van der Waals surface area contributed by atoms with E-state index in [9.17, 15) is 18.4 Å². The number of rotatable bonds is 4. The molecular weight excluding hydrogens is 368 g/mol. The molecule has 1 aliphatic heterocycles. The molecular formula is C19H19F2N5O2. The van der Waals surface area contributed by atoms with E-state index in [0.29, 0.717) is 30.6 Å². The number of benzene rings is 1. The van der Waals surface area contributed by atoms with Crippen LogP contribution in [0.5, 0.6) is 0 Å². The van der Waals surface area contributed by atoms with Crippen LogP contribution in [-0.4, -0.2) is 43.1 Å². The van der Waals surface area contributed by atoms with Gasteiger partial charge in [-0.15, -0.1) is 0 Å². The van der Waals surface area contributed by atoms with Crippen LogP contribution < -0.4 is 5.56 Å². The Morgan fingerprint density at radius 1 is 1.29 bits per heavy atom. The fourth-order valence-corrected chi connectivity index (χ4v) is 3.76. The van der Waals surface area contributed by atoms with Gasteiger partial charge < -0.3 is 4.90 Å². The van der Waals surface area contributed by atoms with Crippen molar-refractivity contribution in [2.45, 2.75) is 31.9 Å². The van der Waals surface area contributed by atoms with Crippen molar-refractivity contribution in [1.82, 2.24) is 24.2 Å². The van der Waals surface area contributed by atoms with E-state index >= 15 is 0 Å². The van der Waals surface area contributed by atoms with Crippen molar-refractivity contribution < 1.29 is 13.6 Å². The van der Waals surface area contributed by atoms with E-state index in [1.807, 2.05) is 0 Å². The average molecular weight is 387 g/mol. The Morgan fingerprint density at radius 2 is 2.07 bits per heavy atom. The maximum absolute atomic E-state index is 13.2. The topological polar surface area (TPSA) is 73.0 Å². The zero-order valence-corrected chi connectivity index (χ0v) is 15.3. The summed E-state index contributed by atoms with van der Waals surface area (Å²) < 4.78 is 28.9. The van der Waals surface area contributed by atoms with Crippen molar-refractivity contribution >= 4 is 16.8 Å². The van der Waals surface area contributed by atoms with Gasteiger partial charge in [0.15, 0.2) is 0 Å². The Morgan fingerprint density at radius 3 is 2.79 bits per heavy atom. The van der Waals surface area contributed by atoms with Crippen LogP contribution in [-0.2, 0) is 13.6 Å². The van der Waals surface area contributed by atoms with Crippen molar-refractivity contribution in [2.75, 3.05) is 6.54 Å². The Kier molecular flexibility index (Phi) is 4.66. The van der Waals surface area contributed by atoms with E-state index in [2.05, 4.69) is 10.1 Å². The van der Waals surface area contributed by atoms with Crippen molar-refractivity contribution in [3.8, 4) is 0 Å². The van der Waals surface area contributed by atoms with Gasteiger partial charge in [0.05, 0.1) is 23.5 Å². The lowest BCUT2D eigenvalue weighted by Gasteiger charge is -2.26. The minimum atomic E-state index is -2.71. The molecule has 1 unspecified atom stereocenters. The second-order valence-electron chi connectivity index (χ2n) is 6.79. The fraction of sp³-hybridized carbons (Fsp3) is 0.368. The Labute approximate surface area is 159 Å². The third-order valence-corrected chi connectivity index (χ3v) is 5.06. The lowest BCUT2D eigenvalue weighted by Crippen LogP contribution is -2.37. The van der Waals surface area contributed by atoms with Gasteiger partial charge in [0, 0.05) is 19.8 Å². The van der Waals surface area contributed by atoms with E-state index in [1.165, 1.54) is 10.9 Å². The molecule has 0 bridgehead atoms. The fourth-order valence-electron chi connectivity index (χ4n) is 3.76. The lowest BCUT2D eigenvalue weighted by atomic mass is 10.1. The van der Waals surface area contributed by atoms with Crippen LogP contribution in [0.25, 0.3) is 10.9 Å². The zero-order valence-electron chi connectivity index (χ0n) is 15.3. The second kappa shape index (κ2) is 7.14. The van der Waals surface area contributed by atoms with Crippen LogP contribution in [0.3, 0.4) is 0 Å². The number of carbonyl (C=O) groups is 1. The van der Waals surface area contributed by atoms with Gasteiger partial charge in [0.2, 0.25) is 0 Å². The van der Waals surface area contributed by atoms with E-state index in [0.717, 1.165) is 4.57 Å². The van der Waals surface area contributed by atoms with Gasteiger partial charge >= 0.3 is 0 Å². The van der Waals surface area contributed by atoms with Crippen molar-refractivity contribution in [2.24, 2.45) is 7.05 Å². The number of halogens is 2. The first-order valence-corrected chi connectivity index (χ1v) is 9.04. The molecule has 1 aromatic carbocycles. The first-order valence-electron chi connectivity index (χ1n) is 9.04. The summed E-state index contributed by atoms with van der Waals surface area (Å²) in [5, 5.41) is 4.30. The van der Waals surface area contributed by atoms with E-state index in [1.54, 1.807) is 42.3 Å². The number of likely N-dealkylation sites (tertiary alicyclic amines) is 1. The lowest BCUT2D eigenvalue weighted by molar-refractivity contribution is 0.0709. The highest BCUT2D eigenvalue weighted by molar-refractivity contribution is 5.93. The quantitative estimate of drug-likeness (QED) is 0.689. The number of alkyl halides is 2. The average Bonchev–Trinajstić information content (AvgIpc) is 3.32. The van der Waals surface area contributed by atoms with Crippen molar-refractivity contribution in [3.05, 3.63) is 58.4 Å². The molecule has 0 aliphatic carbocycles. The number of amides is 1. The molecule has 9 heteroatoms. The molecule has 1 atom stereocenters. The zero-order chi connectivity index (χ0) is 19.8. The molecule has 7 nitrogen and oxygen atoms in total. The van der Waals surface area contributed by atoms with E-state index in [-0.39, 0.29) is 17.1 Å². The number of para-hydroxylation sites is 1. The molecule has 146 valence electrons. The second-order valence-corrected chi connectivity index (χ2v) is 6.79.